The Kier molecular flexibility index (Phi) is 3.49. The zero-order valence-electron chi connectivity index (χ0n) is 6.84. The lowest BCUT2D eigenvalue weighted by molar-refractivity contribution is 0.141. The van der Waals surface area contributed by atoms with Crippen molar-refractivity contribution in [1.82, 2.24) is 4.98 Å². The number of halogens is 3. The van der Waals surface area contributed by atoms with Gasteiger partial charge in [0.25, 0.3) is 6.43 Å². The second-order valence-electron chi connectivity index (χ2n) is 2.44. The van der Waals surface area contributed by atoms with Gasteiger partial charge in [-0.3, -0.25) is 0 Å². The van der Waals surface area contributed by atoms with Gasteiger partial charge in [-0.2, -0.15) is 5.26 Å². The van der Waals surface area contributed by atoms with Gasteiger partial charge < -0.3 is 5.11 Å². The second-order valence-corrected chi connectivity index (χ2v) is 3.19. The minimum atomic E-state index is -2.76. The molecule has 0 unspecified atom stereocenters. The van der Waals surface area contributed by atoms with Gasteiger partial charge in [-0.15, -0.1) is 0 Å². The highest BCUT2D eigenvalue weighted by atomic mass is 79.9. The standard InChI is InChI=1S/C8H5BrF2N2O/c9-7-4(2-12)1-5(3-14)6(13-7)8(10)11/h1,8,14H,3H2. The number of hydrogen-bond donors (Lipinski definition) is 1. The maximum atomic E-state index is 12.4. The number of nitriles is 1. The van der Waals surface area contributed by atoms with Crippen LogP contribution in [-0.4, -0.2) is 10.1 Å². The van der Waals surface area contributed by atoms with Crippen molar-refractivity contribution < 1.29 is 13.9 Å². The molecule has 0 aliphatic heterocycles. The molecule has 1 aromatic rings. The number of aliphatic hydroxyl groups excluding tert-OH is 1. The van der Waals surface area contributed by atoms with Crippen molar-refractivity contribution in [3.63, 3.8) is 0 Å². The number of hydrogen-bond acceptors (Lipinski definition) is 3. The Hall–Kier alpha value is -1.06. The molecule has 6 heteroatoms. The van der Waals surface area contributed by atoms with Crippen LogP contribution >= 0.6 is 15.9 Å². The predicted octanol–water partition coefficient (Wildman–Crippen LogP) is 2.15. The Morgan fingerprint density at radius 3 is 2.71 bits per heavy atom. The number of aliphatic hydroxyl groups is 1. The van der Waals surface area contributed by atoms with Gasteiger partial charge in [0.05, 0.1) is 12.2 Å². The minimum Gasteiger partial charge on any atom is -0.392 e. The fourth-order valence-corrected chi connectivity index (χ4v) is 1.33. The second kappa shape index (κ2) is 4.44. The predicted molar refractivity (Wildman–Crippen MR) is 47.5 cm³/mol. The molecule has 0 spiro atoms. The summed E-state index contributed by atoms with van der Waals surface area (Å²) in [7, 11) is 0. The summed E-state index contributed by atoms with van der Waals surface area (Å²) in [6.45, 7) is -0.561. The lowest BCUT2D eigenvalue weighted by Crippen LogP contribution is -2.01. The smallest absolute Gasteiger partial charge is 0.280 e. The number of pyridine rings is 1. The quantitative estimate of drug-likeness (QED) is 0.831. The topological polar surface area (TPSA) is 56.9 Å². The highest BCUT2D eigenvalue weighted by molar-refractivity contribution is 9.10. The van der Waals surface area contributed by atoms with Gasteiger partial charge in [0, 0.05) is 5.56 Å². The van der Waals surface area contributed by atoms with Crippen molar-refractivity contribution in [2.45, 2.75) is 13.0 Å². The molecule has 0 bridgehead atoms. The Morgan fingerprint density at radius 2 is 2.29 bits per heavy atom. The Morgan fingerprint density at radius 1 is 1.64 bits per heavy atom. The summed E-state index contributed by atoms with van der Waals surface area (Å²) in [6.07, 6.45) is -2.76. The molecule has 3 nitrogen and oxygen atoms in total. The van der Waals surface area contributed by atoms with Crippen LogP contribution < -0.4 is 0 Å². The van der Waals surface area contributed by atoms with Crippen molar-refractivity contribution in [1.29, 1.82) is 5.26 Å². The maximum absolute atomic E-state index is 12.4. The molecule has 0 saturated carbocycles. The van der Waals surface area contributed by atoms with Gasteiger partial charge >= 0.3 is 0 Å². The molecule has 0 saturated heterocycles. The molecular weight excluding hydrogens is 258 g/mol. The summed E-state index contributed by atoms with van der Waals surface area (Å²) < 4.78 is 24.8. The van der Waals surface area contributed by atoms with E-state index in [9.17, 15) is 8.78 Å². The SMILES string of the molecule is N#Cc1cc(CO)c(C(F)F)nc1Br. The van der Waals surface area contributed by atoms with Gasteiger partial charge in [0.1, 0.15) is 16.4 Å². The van der Waals surface area contributed by atoms with Crippen LogP contribution in [0.1, 0.15) is 23.2 Å². The zero-order chi connectivity index (χ0) is 10.7. The molecule has 1 heterocycles. The summed E-state index contributed by atoms with van der Waals surface area (Å²) >= 11 is 2.89. The lowest BCUT2D eigenvalue weighted by atomic mass is 10.1. The minimum absolute atomic E-state index is 0.0280. The van der Waals surface area contributed by atoms with Gasteiger partial charge in [0.15, 0.2) is 0 Å². The van der Waals surface area contributed by atoms with Crippen LogP contribution in [0.4, 0.5) is 8.78 Å². The molecule has 0 aliphatic carbocycles. The van der Waals surface area contributed by atoms with Crippen LogP contribution in [0.2, 0.25) is 0 Å². The van der Waals surface area contributed by atoms with Crippen molar-refractivity contribution in [3.05, 3.63) is 27.5 Å². The van der Waals surface area contributed by atoms with Crippen molar-refractivity contribution in [2.24, 2.45) is 0 Å². The van der Waals surface area contributed by atoms with Crippen LogP contribution in [-0.2, 0) is 6.61 Å². The van der Waals surface area contributed by atoms with E-state index in [4.69, 9.17) is 10.4 Å². The van der Waals surface area contributed by atoms with Gasteiger partial charge in [-0.1, -0.05) is 0 Å². The molecule has 14 heavy (non-hydrogen) atoms. The van der Waals surface area contributed by atoms with Gasteiger partial charge in [0.2, 0.25) is 0 Å². The van der Waals surface area contributed by atoms with Gasteiger partial charge in [-0.05, 0) is 22.0 Å². The van der Waals surface area contributed by atoms with Crippen LogP contribution in [0.15, 0.2) is 10.7 Å². The molecule has 1 rings (SSSR count). The first kappa shape index (κ1) is 11.0. The normalized spacial score (nSPS) is 10.3. The zero-order valence-corrected chi connectivity index (χ0v) is 8.42. The van der Waals surface area contributed by atoms with Crippen LogP contribution in [0.25, 0.3) is 0 Å². The monoisotopic (exact) mass is 262 g/mol. The van der Waals surface area contributed by atoms with Crippen LogP contribution in [0, 0.1) is 11.3 Å². The van der Waals surface area contributed by atoms with Gasteiger partial charge in [-0.25, -0.2) is 13.8 Å². The van der Waals surface area contributed by atoms with E-state index < -0.39 is 18.7 Å². The summed E-state index contributed by atoms with van der Waals surface area (Å²) in [6, 6.07) is 2.96. The van der Waals surface area contributed by atoms with E-state index in [2.05, 4.69) is 20.9 Å². The highest BCUT2D eigenvalue weighted by Gasteiger charge is 2.17. The Labute approximate surface area is 87.1 Å². The molecule has 0 radical (unpaired) electrons. The third-order valence-electron chi connectivity index (χ3n) is 1.59. The number of aromatic nitrogens is 1. The molecule has 0 fully saturated rings. The first-order valence-corrected chi connectivity index (χ1v) is 4.38. The summed E-state index contributed by atoms with van der Waals surface area (Å²) in [5, 5.41) is 17.4. The Balaban J connectivity index is 3.33. The first-order chi connectivity index (χ1) is 6.60. The van der Waals surface area contributed by atoms with E-state index in [1.54, 1.807) is 6.07 Å². The summed E-state index contributed by atoms with van der Waals surface area (Å²) in [4.78, 5) is 3.50. The van der Waals surface area contributed by atoms with Crippen molar-refractivity contribution in [3.8, 4) is 6.07 Å². The van der Waals surface area contributed by atoms with E-state index >= 15 is 0 Å². The highest BCUT2D eigenvalue weighted by Crippen LogP contribution is 2.25. The van der Waals surface area contributed by atoms with Crippen molar-refractivity contribution >= 4 is 15.9 Å². The fourth-order valence-electron chi connectivity index (χ4n) is 0.939. The third kappa shape index (κ3) is 2.05. The molecule has 0 aromatic carbocycles. The number of alkyl halides is 2. The third-order valence-corrected chi connectivity index (χ3v) is 2.19. The maximum Gasteiger partial charge on any atom is 0.280 e. The average Bonchev–Trinajstić information content (AvgIpc) is 2.17. The first-order valence-electron chi connectivity index (χ1n) is 3.58. The van der Waals surface area contributed by atoms with Crippen LogP contribution in [0.5, 0.6) is 0 Å². The summed E-state index contributed by atoms with van der Waals surface area (Å²) in [5.41, 5.74) is -0.406. The Bertz CT molecular complexity index is 390. The van der Waals surface area contributed by atoms with E-state index in [1.807, 2.05) is 0 Å². The van der Waals surface area contributed by atoms with E-state index in [1.165, 1.54) is 6.07 Å². The average molecular weight is 263 g/mol. The number of nitrogens with zero attached hydrogens (tertiary/aromatic N) is 2. The van der Waals surface area contributed by atoms with E-state index in [0.29, 0.717) is 0 Å². The van der Waals surface area contributed by atoms with Crippen LogP contribution in [0.3, 0.4) is 0 Å². The molecule has 0 amide bonds. The van der Waals surface area contributed by atoms with E-state index in [0.717, 1.165) is 0 Å². The molecule has 74 valence electrons. The fraction of sp³-hybridized carbons (Fsp3) is 0.250. The van der Waals surface area contributed by atoms with E-state index in [-0.39, 0.29) is 15.7 Å². The summed E-state index contributed by atoms with van der Waals surface area (Å²) in [5.74, 6) is 0. The molecule has 1 aromatic heterocycles. The van der Waals surface area contributed by atoms with Crippen molar-refractivity contribution in [2.75, 3.05) is 0 Å². The largest absolute Gasteiger partial charge is 0.392 e. The number of rotatable bonds is 2. The molecule has 0 atom stereocenters. The molecule has 1 N–H and O–H groups in total. The molecular formula is C8H5BrF2N2O. The lowest BCUT2D eigenvalue weighted by Gasteiger charge is -2.06. The molecule has 0 aliphatic rings.